The summed E-state index contributed by atoms with van der Waals surface area (Å²) in [4.78, 5) is 6.60. The molecule has 2 heterocycles. The highest BCUT2D eigenvalue weighted by Crippen LogP contribution is 2.17. The van der Waals surface area contributed by atoms with Crippen molar-refractivity contribution in [3.63, 3.8) is 0 Å². The zero-order chi connectivity index (χ0) is 13.0. The van der Waals surface area contributed by atoms with Crippen molar-refractivity contribution in [3.8, 4) is 0 Å². The molecule has 1 aromatic rings. The predicted octanol–water partition coefficient (Wildman–Crippen LogP) is 0.564. The Morgan fingerprint density at radius 3 is 3.11 bits per heavy atom. The van der Waals surface area contributed by atoms with E-state index in [1.165, 1.54) is 6.42 Å². The summed E-state index contributed by atoms with van der Waals surface area (Å²) < 4.78 is 2.03. The van der Waals surface area contributed by atoms with Crippen molar-refractivity contribution in [1.82, 2.24) is 14.5 Å². The first-order valence-corrected chi connectivity index (χ1v) is 6.40. The van der Waals surface area contributed by atoms with Crippen molar-refractivity contribution >= 4 is 5.84 Å². The van der Waals surface area contributed by atoms with Gasteiger partial charge in [-0.1, -0.05) is 11.6 Å². The molecule has 6 nitrogen and oxygen atoms in total. The zero-order valence-corrected chi connectivity index (χ0v) is 10.8. The maximum Gasteiger partial charge on any atom is 0.156 e. The molecule has 0 spiro atoms. The van der Waals surface area contributed by atoms with Crippen LogP contribution in [0.2, 0.25) is 0 Å². The number of oxime groups is 1. The predicted molar refractivity (Wildman–Crippen MR) is 69.5 cm³/mol. The van der Waals surface area contributed by atoms with Gasteiger partial charge in [0.2, 0.25) is 0 Å². The summed E-state index contributed by atoms with van der Waals surface area (Å²) in [6.07, 6.45) is 7.93. The highest BCUT2D eigenvalue weighted by atomic mass is 16.4. The molecule has 0 aliphatic carbocycles. The lowest BCUT2D eigenvalue weighted by atomic mass is 10.0. The summed E-state index contributed by atoms with van der Waals surface area (Å²) >= 11 is 0. The van der Waals surface area contributed by atoms with Crippen LogP contribution in [0, 0.1) is 0 Å². The number of piperidine rings is 1. The van der Waals surface area contributed by atoms with Gasteiger partial charge in [0.05, 0.1) is 6.04 Å². The van der Waals surface area contributed by atoms with E-state index in [-0.39, 0.29) is 6.04 Å². The fourth-order valence-electron chi connectivity index (χ4n) is 2.54. The summed E-state index contributed by atoms with van der Waals surface area (Å²) in [5.41, 5.74) is 5.75. The van der Waals surface area contributed by atoms with E-state index in [1.807, 2.05) is 24.0 Å². The van der Waals surface area contributed by atoms with Crippen LogP contribution in [-0.2, 0) is 13.5 Å². The Labute approximate surface area is 107 Å². The van der Waals surface area contributed by atoms with Gasteiger partial charge in [-0.15, -0.1) is 0 Å². The number of aromatic nitrogens is 2. The van der Waals surface area contributed by atoms with Gasteiger partial charge in [-0.05, 0) is 19.4 Å². The van der Waals surface area contributed by atoms with E-state index in [2.05, 4.69) is 15.0 Å². The molecular weight excluding hydrogens is 230 g/mol. The highest BCUT2D eigenvalue weighted by Gasteiger charge is 2.25. The van der Waals surface area contributed by atoms with Crippen LogP contribution >= 0.6 is 0 Å². The second-order valence-corrected chi connectivity index (χ2v) is 4.78. The highest BCUT2D eigenvalue weighted by molar-refractivity contribution is 5.85. The van der Waals surface area contributed by atoms with E-state index >= 15 is 0 Å². The molecule has 6 heteroatoms. The van der Waals surface area contributed by atoms with Crippen LogP contribution in [0.25, 0.3) is 0 Å². The average Bonchev–Trinajstić information content (AvgIpc) is 2.81. The number of imidazole rings is 1. The molecule has 1 atom stereocenters. The Balaban J connectivity index is 1.96. The van der Waals surface area contributed by atoms with E-state index in [0.717, 1.165) is 38.2 Å². The molecule has 0 radical (unpaired) electrons. The summed E-state index contributed by atoms with van der Waals surface area (Å²) in [6.45, 7) is 1.90. The first-order valence-electron chi connectivity index (χ1n) is 6.40. The Bertz CT molecular complexity index is 414. The number of amidine groups is 1. The molecule has 100 valence electrons. The van der Waals surface area contributed by atoms with Crippen molar-refractivity contribution in [3.05, 3.63) is 18.2 Å². The van der Waals surface area contributed by atoms with E-state index in [4.69, 9.17) is 10.9 Å². The Hall–Kier alpha value is -1.56. The Morgan fingerprint density at radius 1 is 1.61 bits per heavy atom. The lowest BCUT2D eigenvalue weighted by Crippen LogP contribution is -2.48. The molecule has 2 rings (SSSR count). The third-order valence-corrected chi connectivity index (χ3v) is 3.61. The number of rotatable bonds is 4. The molecule has 18 heavy (non-hydrogen) atoms. The van der Waals surface area contributed by atoms with Crippen LogP contribution in [-0.4, -0.2) is 44.6 Å². The van der Waals surface area contributed by atoms with Crippen LogP contribution < -0.4 is 5.73 Å². The minimum atomic E-state index is 0.0732. The lowest BCUT2D eigenvalue weighted by molar-refractivity contribution is 0.187. The van der Waals surface area contributed by atoms with Gasteiger partial charge in [0.25, 0.3) is 0 Å². The van der Waals surface area contributed by atoms with Gasteiger partial charge in [0, 0.05) is 32.4 Å². The van der Waals surface area contributed by atoms with Crippen molar-refractivity contribution in [1.29, 1.82) is 0 Å². The van der Waals surface area contributed by atoms with Crippen LogP contribution in [0.3, 0.4) is 0 Å². The van der Waals surface area contributed by atoms with Gasteiger partial charge >= 0.3 is 0 Å². The molecule has 0 aromatic carbocycles. The van der Waals surface area contributed by atoms with Crippen molar-refractivity contribution in [2.45, 2.75) is 31.7 Å². The standard InChI is InChI=1S/C12H21N5O/c1-16-9-6-14-11(16)5-8-17-7-3-2-4-10(17)12(13)15-18/h6,9-10,18H,2-5,7-8H2,1H3,(H2,13,15). The summed E-state index contributed by atoms with van der Waals surface area (Å²) in [5.74, 6) is 1.40. The SMILES string of the molecule is Cn1ccnc1CCN1CCCCC1/C(N)=N/O. The van der Waals surface area contributed by atoms with Gasteiger partial charge in [-0.25, -0.2) is 4.98 Å². The maximum absolute atomic E-state index is 8.82. The zero-order valence-electron chi connectivity index (χ0n) is 10.8. The Kier molecular flexibility index (Phi) is 4.19. The van der Waals surface area contributed by atoms with Crippen molar-refractivity contribution in [2.75, 3.05) is 13.1 Å². The molecule has 1 saturated heterocycles. The first kappa shape index (κ1) is 12.9. The average molecular weight is 251 g/mol. The van der Waals surface area contributed by atoms with E-state index < -0.39 is 0 Å². The third kappa shape index (κ3) is 2.81. The fraction of sp³-hybridized carbons (Fsp3) is 0.667. The molecule has 1 unspecified atom stereocenters. The van der Waals surface area contributed by atoms with Gasteiger partial charge in [0.15, 0.2) is 5.84 Å². The largest absolute Gasteiger partial charge is 0.409 e. The summed E-state index contributed by atoms with van der Waals surface area (Å²) in [5, 5.41) is 12.0. The minimum Gasteiger partial charge on any atom is -0.409 e. The number of aryl methyl sites for hydroxylation is 1. The van der Waals surface area contributed by atoms with Crippen LogP contribution in [0.1, 0.15) is 25.1 Å². The molecule has 0 amide bonds. The quantitative estimate of drug-likeness (QED) is 0.355. The molecular formula is C12H21N5O. The number of nitrogens with two attached hydrogens (primary N) is 1. The van der Waals surface area contributed by atoms with Gasteiger partial charge < -0.3 is 15.5 Å². The van der Waals surface area contributed by atoms with E-state index in [1.54, 1.807) is 0 Å². The fourth-order valence-corrected chi connectivity index (χ4v) is 2.54. The van der Waals surface area contributed by atoms with Crippen LogP contribution in [0.5, 0.6) is 0 Å². The number of hydrogen-bond donors (Lipinski definition) is 2. The monoisotopic (exact) mass is 251 g/mol. The van der Waals surface area contributed by atoms with Crippen LogP contribution in [0.4, 0.5) is 0 Å². The molecule has 0 saturated carbocycles. The molecule has 3 N–H and O–H groups in total. The first-order chi connectivity index (χ1) is 8.72. The molecule has 0 bridgehead atoms. The minimum absolute atomic E-state index is 0.0732. The maximum atomic E-state index is 8.82. The summed E-state index contributed by atoms with van der Waals surface area (Å²) in [7, 11) is 2.00. The number of hydrogen-bond acceptors (Lipinski definition) is 4. The van der Waals surface area contributed by atoms with Gasteiger partial charge in [-0.3, -0.25) is 4.90 Å². The smallest absolute Gasteiger partial charge is 0.156 e. The second kappa shape index (κ2) is 5.86. The normalized spacial score (nSPS) is 22.3. The third-order valence-electron chi connectivity index (χ3n) is 3.61. The topological polar surface area (TPSA) is 79.7 Å². The number of likely N-dealkylation sites (tertiary alicyclic amines) is 1. The molecule has 1 aromatic heterocycles. The second-order valence-electron chi connectivity index (χ2n) is 4.78. The van der Waals surface area contributed by atoms with Crippen molar-refractivity contribution in [2.24, 2.45) is 17.9 Å². The van der Waals surface area contributed by atoms with Crippen LogP contribution in [0.15, 0.2) is 17.5 Å². The van der Waals surface area contributed by atoms with E-state index in [9.17, 15) is 0 Å². The molecule has 1 fully saturated rings. The van der Waals surface area contributed by atoms with Gasteiger partial charge in [0.1, 0.15) is 5.82 Å². The van der Waals surface area contributed by atoms with Crippen molar-refractivity contribution < 1.29 is 5.21 Å². The summed E-state index contributed by atoms with van der Waals surface area (Å²) in [6, 6.07) is 0.0732. The lowest BCUT2D eigenvalue weighted by Gasteiger charge is -2.34. The van der Waals surface area contributed by atoms with E-state index in [0.29, 0.717) is 5.84 Å². The van der Waals surface area contributed by atoms with Gasteiger partial charge in [-0.2, -0.15) is 0 Å². The Morgan fingerprint density at radius 2 is 2.44 bits per heavy atom. The number of nitrogens with zero attached hydrogens (tertiary/aromatic N) is 4. The molecule has 1 aliphatic heterocycles. The molecule has 1 aliphatic rings.